The summed E-state index contributed by atoms with van der Waals surface area (Å²) in [5.74, 6) is -0.410. The Morgan fingerprint density at radius 2 is 1.88 bits per heavy atom. The van der Waals surface area contributed by atoms with Crippen LogP contribution in [0, 0.1) is 5.92 Å². The number of benzene rings is 2. The van der Waals surface area contributed by atoms with Crippen molar-refractivity contribution < 1.29 is 9.59 Å². The van der Waals surface area contributed by atoms with Crippen LogP contribution in [0.1, 0.15) is 20.3 Å². The SMILES string of the molecule is CCN(CC)CCN(C(=O)C1CC(=O)N(c2ccccc2)C1)c1nc2ccc(Br)cc2s1.Cl. The van der Waals surface area contributed by atoms with Crippen LogP contribution in [-0.4, -0.2) is 54.4 Å². The Kier molecular flexibility index (Phi) is 8.87. The van der Waals surface area contributed by atoms with Gasteiger partial charge in [-0.05, 0) is 43.4 Å². The number of amides is 2. The highest BCUT2D eigenvalue weighted by molar-refractivity contribution is 9.10. The smallest absolute Gasteiger partial charge is 0.234 e. The molecule has 3 aromatic rings. The first-order valence-corrected chi connectivity index (χ1v) is 12.6. The molecule has 9 heteroatoms. The molecule has 0 radical (unpaired) electrons. The Labute approximate surface area is 213 Å². The average molecular weight is 552 g/mol. The van der Waals surface area contributed by atoms with Gasteiger partial charge in [-0.1, -0.05) is 59.3 Å². The van der Waals surface area contributed by atoms with Gasteiger partial charge in [0.25, 0.3) is 0 Å². The summed E-state index contributed by atoms with van der Waals surface area (Å²) in [4.78, 5) is 37.0. The number of hydrogen-bond acceptors (Lipinski definition) is 5. The van der Waals surface area contributed by atoms with Crippen LogP contribution in [0.15, 0.2) is 53.0 Å². The third-order valence-electron chi connectivity index (χ3n) is 5.91. The van der Waals surface area contributed by atoms with E-state index in [2.05, 4.69) is 34.7 Å². The minimum absolute atomic E-state index is 0. The molecule has 0 spiro atoms. The topological polar surface area (TPSA) is 56.8 Å². The van der Waals surface area contributed by atoms with Crippen molar-refractivity contribution >= 4 is 72.5 Å². The third kappa shape index (κ3) is 5.74. The largest absolute Gasteiger partial charge is 0.312 e. The lowest BCUT2D eigenvalue weighted by molar-refractivity contribution is -0.124. The number of likely N-dealkylation sites (N-methyl/N-ethyl adjacent to an activating group) is 1. The van der Waals surface area contributed by atoms with Crippen LogP contribution in [0.5, 0.6) is 0 Å². The standard InChI is InChI=1S/C24H27BrN4O2S.ClH/c1-3-27(4-2)12-13-28(24-26-20-11-10-18(25)15-21(20)32-24)23(31)17-14-22(30)29(16-17)19-8-6-5-7-9-19;/h5-11,15,17H,3-4,12-14,16H2,1-2H3;1H. The predicted octanol–water partition coefficient (Wildman–Crippen LogP) is 5.21. The van der Waals surface area contributed by atoms with Crippen molar-refractivity contribution in [3.63, 3.8) is 0 Å². The molecule has 1 saturated heterocycles. The van der Waals surface area contributed by atoms with Gasteiger partial charge in [-0.15, -0.1) is 12.4 Å². The van der Waals surface area contributed by atoms with E-state index in [9.17, 15) is 9.59 Å². The summed E-state index contributed by atoms with van der Waals surface area (Å²) in [6, 6.07) is 15.5. The van der Waals surface area contributed by atoms with Gasteiger partial charge in [-0.2, -0.15) is 0 Å². The van der Waals surface area contributed by atoms with Crippen LogP contribution in [0.4, 0.5) is 10.8 Å². The van der Waals surface area contributed by atoms with E-state index < -0.39 is 0 Å². The van der Waals surface area contributed by atoms with Crippen molar-refractivity contribution in [1.29, 1.82) is 0 Å². The molecule has 0 bridgehead atoms. The van der Waals surface area contributed by atoms with Gasteiger partial charge in [-0.25, -0.2) is 4.98 Å². The number of fused-ring (bicyclic) bond motifs is 1. The van der Waals surface area contributed by atoms with Gasteiger partial charge < -0.3 is 9.80 Å². The Morgan fingerprint density at radius 3 is 2.58 bits per heavy atom. The Balaban J connectivity index is 0.00000306. The van der Waals surface area contributed by atoms with Crippen LogP contribution in [0.3, 0.4) is 0 Å². The van der Waals surface area contributed by atoms with E-state index in [-0.39, 0.29) is 36.6 Å². The van der Waals surface area contributed by atoms with E-state index in [1.165, 1.54) is 11.3 Å². The van der Waals surface area contributed by atoms with Gasteiger partial charge in [0.05, 0.1) is 16.1 Å². The second-order valence-electron chi connectivity index (χ2n) is 7.87. The maximum absolute atomic E-state index is 13.7. The van der Waals surface area contributed by atoms with Gasteiger partial charge in [0.1, 0.15) is 0 Å². The molecular formula is C24H28BrClN4O2S. The third-order valence-corrected chi connectivity index (χ3v) is 7.45. The lowest BCUT2D eigenvalue weighted by Gasteiger charge is -2.26. The van der Waals surface area contributed by atoms with Crippen molar-refractivity contribution in [2.24, 2.45) is 5.92 Å². The molecule has 0 saturated carbocycles. The zero-order chi connectivity index (χ0) is 22.7. The van der Waals surface area contributed by atoms with Gasteiger partial charge in [0, 0.05) is 36.2 Å². The van der Waals surface area contributed by atoms with Crippen molar-refractivity contribution in [1.82, 2.24) is 9.88 Å². The highest BCUT2D eigenvalue weighted by Gasteiger charge is 2.38. The monoisotopic (exact) mass is 550 g/mol. The Bertz CT molecular complexity index is 1110. The van der Waals surface area contributed by atoms with Crippen LogP contribution in [0.25, 0.3) is 10.2 Å². The van der Waals surface area contributed by atoms with E-state index in [0.717, 1.165) is 40.0 Å². The Hall–Kier alpha value is -2.00. The maximum Gasteiger partial charge on any atom is 0.234 e. The molecule has 1 fully saturated rings. The molecule has 2 aromatic carbocycles. The highest BCUT2D eigenvalue weighted by atomic mass is 79.9. The summed E-state index contributed by atoms with van der Waals surface area (Å²) in [5, 5.41) is 0.695. The quantitative estimate of drug-likeness (QED) is 0.386. The molecule has 1 aliphatic rings. The number of rotatable bonds is 8. The summed E-state index contributed by atoms with van der Waals surface area (Å²) in [7, 11) is 0. The fourth-order valence-electron chi connectivity index (χ4n) is 4.03. The van der Waals surface area contributed by atoms with Gasteiger partial charge in [0.2, 0.25) is 11.8 Å². The molecule has 33 heavy (non-hydrogen) atoms. The zero-order valence-corrected chi connectivity index (χ0v) is 22.0. The summed E-state index contributed by atoms with van der Waals surface area (Å²) in [6.45, 7) is 7.82. The lowest BCUT2D eigenvalue weighted by atomic mass is 10.1. The molecule has 0 N–H and O–H groups in total. The van der Waals surface area contributed by atoms with Crippen LogP contribution >= 0.6 is 39.7 Å². The number of nitrogens with zero attached hydrogens (tertiary/aromatic N) is 4. The summed E-state index contributed by atoms with van der Waals surface area (Å²) in [5.41, 5.74) is 1.72. The zero-order valence-electron chi connectivity index (χ0n) is 18.7. The minimum Gasteiger partial charge on any atom is -0.312 e. The van der Waals surface area contributed by atoms with Crippen molar-refractivity contribution in [2.75, 3.05) is 42.5 Å². The van der Waals surface area contributed by atoms with E-state index in [1.807, 2.05) is 48.5 Å². The predicted molar refractivity (Wildman–Crippen MR) is 142 cm³/mol. The van der Waals surface area contributed by atoms with E-state index in [1.54, 1.807) is 9.80 Å². The summed E-state index contributed by atoms with van der Waals surface area (Å²) >= 11 is 5.03. The van der Waals surface area contributed by atoms with Crippen molar-refractivity contribution in [3.05, 3.63) is 53.0 Å². The molecule has 4 rings (SSSR count). The number of carbonyl (C=O) groups is 2. The van der Waals surface area contributed by atoms with Crippen LogP contribution in [-0.2, 0) is 9.59 Å². The minimum atomic E-state index is -0.377. The van der Waals surface area contributed by atoms with Gasteiger partial charge in [-0.3, -0.25) is 14.5 Å². The molecule has 1 aromatic heterocycles. The fourth-order valence-corrected chi connectivity index (χ4v) is 5.58. The number of hydrogen-bond donors (Lipinski definition) is 0. The number of carbonyl (C=O) groups excluding carboxylic acids is 2. The van der Waals surface area contributed by atoms with Gasteiger partial charge in [0.15, 0.2) is 5.13 Å². The molecule has 2 amide bonds. The number of halogens is 2. The van der Waals surface area contributed by atoms with Crippen molar-refractivity contribution in [2.45, 2.75) is 20.3 Å². The van der Waals surface area contributed by atoms with E-state index in [4.69, 9.17) is 4.98 Å². The highest BCUT2D eigenvalue weighted by Crippen LogP contribution is 2.33. The molecule has 6 nitrogen and oxygen atoms in total. The van der Waals surface area contributed by atoms with Crippen molar-refractivity contribution in [3.8, 4) is 0 Å². The normalized spacial score (nSPS) is 15.8. The molecule has 0 aliphatic carbocycles. The van der Waals surface area contributed by atoms with Gasteiger partial charge >= 0.3 is 0 Å². The number of thiazole rings is 1. The number of aromatic nitrogens is 1. The molecule has 176 valence electrons. The van der Waals surface area contributed by atoms with Crippen LogP contribution in [0.2, 0.25) is 0 Å². The average Bonchev–Trinajstić information content (AvgIpc) is 3.40. The maximum atomic E-state index is 13.7. The molecular weight excluding hydrogens is 524 g/mol. The number of anilines is 2. The van der Waals surface area contributed by atoms with E-state index in [0.29, 0.717) is 18.2 Å². The molecule has 2 heterocycles. The second kappa shape index (κ2) is 11.4. The Morgan fingerprint density at radius 1 is 1.15 bits per heavy atom. The molecule has 1 atom stereocenters. The number of para-hydroxylation sites is 1. The first-order valence-electron chi connectivity index (χ1n) is 10.9. The second-order valence-corrected chi connectivity index (χ2v) is 9.79. The first kappa shape index (κ1) is 25.6. The molecule has 1 unspecified atom stereocenters. The summed E-state index contributed by atoms with van der Waals surface area (Å²) in [6.07, 6.45) is 0.228. The fraction of sp³-hybridized carbons (Fsp3) is 0.375. The van der Waals surface area contributed by atoms with Crippen LogP contribution < -0.4 is 9.80 Å². The summed E-state index contributed by atoms with van der Waals surface area (Å²) < 4.78 is 2.02. The lowest BCUT2D eigenvalue weighted by Crippen LogP contribution is -2.42. The molecule has 1 aliphatic heterocycles. The first-order chi connectivity index (χ1) is 15.5. The van der Waals surface area contributed by atoms with E-state index >= 15 is 0 Å².